The van der Waals surface area contributed by atoms with E-state index in [4.69, 9.17) is 9.47 Å². The van der Waals surface area contributed by atoms with Crippen LogP contribution in [0, 0.1) is 5.92 Å². The first-order chi connectivity index (χ1) is 12.6. The summed E-state index contributed by atoms with van der Waals surface area (Å²) in [7, 11) is 3.19. The van der Waals surface area contributed by atoms with Crippen molar-refractivity contribution < 1.29 is 19.1 Å². The van der Waals surface area contributed by atoms with E-state index < -0.39 is 12.0 Å². The minimum Gasteiger partial charge on any atom is -0.497 e. The fourth-order valence-corrected chi connectivity index (χ4v) is 3.12. The van der Waals surface area contributed by atoms with E-state index >= 15 is 0 Å². The summed E-state index contributed by atoms with van der Waals surface area (Å²) >= 11 is 0. The molecule has 1 unspecified atom stereocenters. The maximum Gasteiger partial charge on any atom is 0.241 e. The second-order valence-electron chi connectivity index (χ2n) is 5.86. The Bertz CT molecular complexity index is 816. The lowest BCUT2D eigenvalue weighted by atomic mass is 9.87. The van der Waals surface area contributed by atoms with Crippen molar-refractivity contribution in [3.63, 3.8) is 0 Å². The Morgan fingerprint density at radius 2 is 1.46 bits per heavy atom. The van der Waals surface area contributed by atoms with Crippen LogP contribution >= 0.6 is 0 Å². The number of methoxy groups -OCH3 is 2. The van der Waals surface area contributed by atoms with Crippen LogP contribution in [0.3, 0.4) is 0 Å². The van der Waals surface area contributed by atoms with Gasteiger partial charge in [-0.15, -0.1) is 6.58 Å². The SMILES string of the molecule is C=CC1C(=O)N(C(c2ccc(OC)cc2)c2ccc(OC)cc2)C1=C=O. The van der Waals surface area contributed by atoms with Gasteiger partial charge in [0.15, 0.2) is 0 Å². The number of benzene rings is 2. The molecule has 1 heterocycles. The zero-order valence-corrected chi connectivity index (χ0v) is 14.6. The second-order valence-corrected chi connectivity index (χ2v) is 5.86. The highest BCUT2D eigenvalue weighted by molar-refractivity contribution is 5.97. The Kier molecular flexibility index (Phi) is 4.92. The summed E-state index contributed by atoms with van der Waals surface area (Å²) in [6, 6.07) is 14.4. The predicted octanol–water partition coefficient (Wildman–Crippen LogP) is 3.15. The zero-order valence-electron chi connectivity index (χ0n) is 14.6. The first-order valence-electron chi connectivity index (χ1n) is 8.13. The van der Waals surface area contributed by atoms with E-state index in [1.165, 1.54) is 11.0 Å². The second kappa shape index (κ2) is 7.30. The summed E-state index contributed by atoms with van der Waals surface area (Å²) in [5.41, 5.74) is 2.01. The first kappa shape index (κ1) is 17.5. The molecule has 0 aliphatic carbocycles. The van der Waals surface area contributed by atoms with Crippen LogP contribution in [0.1, 0.15) is 17.2 Å². The Morgan fingerprint density at radius 3 is 1.81 bits per heavy atom. The minimum atomic E-state index is -0.605. The average molecular weight is 349 g/mol. The topological polar surface area (TPSA) is 55.8 Å². The number of nitrogens with zero attached hydrogens (tertiary/aromatic N) is 1. The molecule has 1 saturated heterocycles. The molecule has 3 rings (SSSR count). The van der Waals surface area contributed by atoms with Crippen molar-refractivity contribution in [2.45, 2.75) is 6.04 Å². The maximum atomic E-state index is 12.6. The van der Waals surface area contributed by atoms with E-state index in [1.54, 1.807) is 14.2 Å². The Labute approximate surface area is 152 Å². The van der Waals surface area contributed by atoms with Gasteiger partial charge in [0.2, 0.25) is 5.91 Å². The Balaban J connectivity index is 2.07. The standard InChI is InChI=1S/C21H19NO4/c1-4-18-19(13-23)22(21(18)24)20(14-5-9-16(25-2)10-6-14)15-7-11-17(26-3)12-8-15/h4-12,18,20H,1H2,2-3H3. The maximum absolute atomic E-state index is 12.6. The van der Waals surface area contributed by atoms with Crippen molar-refractivity contribution >= 4 is 11.8 Å². The number of hydrogen-bond donors (Lipinski definition) is 0. The molecular formula is C21H19NO4. The van der Waals surface area contributed by atoms with Crippen LogP contribution in [0.2, 0.25) is 0 Å². The van der Waals surface area contributed by atoms with Crippen LogP contribution in [0.4, 0.5) is 0 Å². The lowest BCUT2D eigenvalue weighted by molar-refractivity contribution is -0.140. The molecule has 1 fully saturated rings. The molecule has 132 valence electrons. The van der Waals surface area contributed by atoms with Gasteiger partial charge in [-0.1, -0.05) is 30.3 Å². The summed E-state index contributed by atoms with van der Waals surface area (Å²) in [5.74, 6) is 2.55. The third kappa shape index (κ3) is 2.89. The number of ether oxygens (including phenoxy) is 2. The molecule has 1 aliphatic heterocycles. The van der Waals surface area contributed by atoms with Gasteiger partial charge >= 0.3 is 0 Å². The third-order valence-electron chi connectivity index (χ3n) is 4.52. The van der Waals surface area contributed by atoms with Gasteiger partial charge < -0.3 is 9.47 Å². The van der Waals surface area contributed by atoms with Gasteiger partial charge in [-0.25, -0.2) is 4.79 Å². The van der Waals surface area contributed by atoms with Gasteiger partial charge in [-0.05, 0) is 35.4 Å². The molecule has 2 aromatic carbocycles. The fourth-order valence-electron chi connectivity index (χ4n) is 3.12. The smallest absolute Gasteiger partial charge is 0.241 e. The number of likely N-dealkylation sites (tertiary alicyclic amines) is 1. The molecule has 0 N–H and O–H groups in total. The van der Waals surface area contributed by atoms with Crippen LogP contribution in [-0.4, -0.2) is 31.0 Å². The van der Waals surface area contributed by atoms with E-state index in [-0.39, 0.29) is 5.91 Å². The highest BCUT2D eigenvalue weighted by atomic mass is 16.5. The molecule has 0 saturated carbocycles. The molecule has 1 aliphatic rings. The fraction of sp³-hybridized carbons (Fsp3) is 0.190. The van der Waals surface area contributed by atoms with Crippen molar-refractivity contribution in [3.05, 3.63) is 78.0 Å². The lowest BCUT2D eigenvalue weighted by Crippen LogP contribution is -2.51. The third-order valence-corrected chi connectivity index (χ3v) is 4.52. The van der Waals surface area contributed by atoms with Crippen molar-refractivity contribution in [1.82, 2.24) is 4.90 Å². The van der Waals surface area contributed by atoms with Crippen molar-refractivity contribution in [2.24, 2.45) is 5.92 Å². The summed E-state index contributed by atoms with van der Waals surface area (Å²) in [6.07, 6.45) is 1.47. The van der Waals surface area contributed by atoms with Gasteiger partial charge in [-0.2, -0.15) is 0 Å². The monoisotopic (exact) mass is 349 g/mol. The molecule has 5 nitrogen and oxygen atoms in total. The molecule has 1 amide bonds. The molecule has 0 radical (unpaired) electrons. The number of amides is 1. The van der Waals surface area contributed by atoms with Gasteiger partial charge in [0.25, 0.3) is 0 Å². The first-order valence-corrected chi connectivity index (χ1v) is 8.13. The molecule has 0 spiro atoms. The van der Waals surface area contributed by atoms with E-state index in [1.807, 2.05) is 54.5 Å². The van der Waals surface area contributed by atoms with E-state index in [9.17, 15) is 9.59 Å². The minimum absolute atomic E-state index is 0.171. The van der Waals surface area contributed by atoms with Crippen LogP contribution < -0.4 is 9.47 Å². The molecule has 0 aromatic heterocycles. The summed E-state index contributed by atoms with van der Waals surface area (Å²) in [5, 5.41) is 0. The molecule has 26 heavy (non-hydrogen) atoms. The number of carbonyl (C=O) groups excluding carboxylic acids is 2. The van der Waals surface area contributed by atoms with E-state index in [0.29, 0.717) is 17.2 Å². The molecular weight excluding hydrogens is 330 g/mol. The van der Waals surface area contributed by atoms with Crippen LogP contribution in [-0.2, 0) is 9.59 Å². The van der Waals surface area contributed by atoms with Crippen LogP contribution in [0.15, 0.2) is 66.9 Å². The Hall–Kier alpha value is -3.30. The highest BCUT2D eigenvalue weighted by Crippen LogP contribution is 2.42. The largest absolute Gasteiger partial charge is 0.497 e. The number of carbonyl (C=O) groups is 1. The van der Waals surface area contributed by atoms with E-state index in [2.05, 4.69) is 6.58 Å². The normalized spacial score (nSPS) is 16.1. The van der Waals surface area contributed by atoms with Gasteiger partial charge in [-0.3, -0.25) is 9.69 Å². The quantitative estimate of drug-likeness (QED) is 0.457. The molecule has 5 heteroatoms. The predicted molar refractivity (Wildman–Crippen MR) is 97.6 cm³/mol. The summed E-state index contributed by atoms with van der Waals surface area (Å²) in [6.45, 7) is 3.64. The lowest BCUT2D eigenvalue weighted by Gasteiger charge is -2.43. The van der Waals surface area contributed by atoms with Crippen molar-refractivity contribution in [3.8, 4) is 11.5 Å². The van der Waals surface area contributed by atoms with E-state index in [0.717, 1.165) is 11.1 Å². The van der Waals surface area contributed by atoms with Crippen LogP contribution in [0.25, 0.3) is 0 Å². The van der Waals surface area contributed by atoms with Crippen LogP contribution in [0.5, 0.6) is 11.5 Å². The molecule has 1 atom stereocenters. The van der Waals surface area contributed by atoms with Crippen molar-refractivity contribution in [2.75, 3.05) is 14.2 Å². The van der Waals surface area contributed by atoms with Gasteiger partial charge in [0, 0.05) is 0 Å². The molecule has 2 aromatic rings. The van der Waals surface area contributed by atoms with Gasteiger partial charge in [0.1, 0.15) is 29.1 Å². The summed E-state index contributed by atoms with van der Waals surface area (Å²) in [4.78, 5) is 25.5. The van der Waals surface area contributed by atoms with Gasteiger partial charge in [0.05, 0.1) is 20.3 Å². The highest BCUT2D eigenvalue weighted by Gasteiger charge is 2.46. The average Bonchev–Trinajstić information content (AvgIpc) is 2.70. The number of rotatable bonds is 6. The Morgan fingerprint density at radius 1 is 1.00 bits per heavy atom. The summed E-state index contributed by atoms with van der Waals surface area (Å²) < 4.78 is 10.4. The van der Waals surface area contributed by atoms with Crippen molar-refractivity contribution in [1.29, 1.82) is 0 Å². The zero-order chi connectivity index (χ0) is 18.7. The molecule has 0 bridgehead atoms. The number of hydrogen-bond acceptors (Lipinski definition) is 4. The number of β-lactam (4-membered cyclic amide) rings is 1.